The van der Waals surface area contributed by atoms with Crippen molar-refractivity contribution in [3.8, 4) is 45.5 Å². The van der Waals surface area contributed by atoms with Crippen molar-refractivity contribution in [3.63, 3.8) is 0 Å². The zero-order valence-corrected chi connectivity index (χ0v) is 14.4. The van der Waals surface area contributed by atoms with E-state index in [2.05, 4.69) is 5.10 Å². The minimum absolute atomic E-state index is 0.0855. The fraction of sp³-hybridized carbons (Fsp3) is 0.211. The van der Waals surface area contributed by atoms with Crippen LogP contribution < -0.4 is 9.47 Å². The first-order valence-electron chi connectivity index (χ1n) is 7.91. The van der Waals surface area contributed by atoms with Crippen molar-refractivity contribution in [3.05, 3.63) is 42.5 Å². The second kappa shape index (κ2) is 6.76. The van der Waals surface area contributed by atoms with Gasteiger partial charge in [-0.3, -0.25) is 4.68 Å². The first-order valence-corrected chi connectivity index (χ1v) is 7.91. The average Bonchev–Trinajstić information content (AvgIpc) is 2.99. The lowest BCUT2D eigenvalue weighted by molar-refractivity contribution is 0.318. The predicted molar refractivity (Wildman–Crippen MR) is 95.1 cm³/mol. The molecule has 0 saturated carbocycles. The summed E-state index contributed by atoms with van der Waals surface area (Å²) in [5.41, 5.74) is 3.35. The number of aromatic nitrogens is 2. The number of nitrogens with zero attached hydrogens (tertiary/aromatic N) is 2. The van der Waals surface area contributed by atoms with E-state index in [1.807, 2.05) is 26.1 Å². The molecule has 130 valence electrons. The monoisotopic (exact) mass is 340 g/mol. The first kappa shape index (κ1) is 16.7. The summed E-state index contributed by atoms with van der Waals surface area (Å²) in [6, 6.07) is 12.3. The lowest BCUT2D eigenvalue weighted by Gasteiger charge is -2.08. The molecule has 0 spiro atoms. The molecule has 0 bridgehead atoms. The highest BCUT2D eigenvalue weighted by Gasteiger charge is 2.13. The molecule has 6 heteroatoms. The van der Waals surface area contributed by atoms with E-state index in [4.69, 9.17) is 9.47 Å². The van der Waals surface area contributed by atoms with Crippen LogP contribution in [0.25, 0.3) is 22.5 Å². The Morgan fingerprint density at radius 1 is 0.960 bits per heavy atom. The van der Waals surface area contributed by atoms with Gasteiger partial charge < -0.3 is 19.7 Å². The summed E-state index contributed by atoms with van der Waals surface area (Å²) in [5, 5.41) is 24.1. The number of aromatic hydroxyl groups is 2. The van der Waals surface area contributed by atoms with Gasteiger partial charge in [0.25, 0.3) is 0 Å². The molecule has 0 atom stereocenters. The molecule has 25 heavy (non-hydrogen) atoms. The smallest absolute Gasteiger partial charge is 0.161 e. The summed E-state index contributed by atoms with van der Waals surface area (Å²) in [4.78, 5) is 0. The van der Waals surface area contributed by atoms with Crippen molar-refractivity contribution in [1.29, 1.82) is 0 Å². The Bertz CT molecular complexity index is 902. The van der Waals surface area contributed by atoms with Gasteiger partial charge in [0, 0.05) is 18.2 Å². The van der Waals surface area contributed by atoms with Gasteiger partial charge in [-0.2, -0.15) is 5.10 Å². The zero-order valence-electron chi connectivity index (χ0n) is 14.4. The lowest BCUT2D eigenvalue weighted by atomic mass is 10.1. The second-order valence-corrected chi connectivity index (χ2v) is 5.54. The van der Waals surface area contributed by atoms with Crippen LogP contribution in [-0.2, 0) is 7.05 Å². The van der Waals surface area contributed by atoms with E-state index >= 15 is 0 Å². The topological polar surface area (TPSA) is 76.7 Å². The maximum Gasteiger partial charge on any atom is 0.161 e. The number of hydrogen-bond acceptors (Lipinski definition) is 5. The van der Waals surface area contributed by atoms with Gasteiger partial charge in [-0.25, -0.2) is 0 Å². The van der Waals surface area contributed by atoms with E-state index in [0.29, 0.717) is 18.1 Å². The molecule has 0 amide bonds. The number of aryl methyl sites for hydroxylation is 1. The number of benzene rings is 2. The van der Waals surface area contributed by atoms with Crippen molar-refractivity contribution in [1.82, 2.24) is 9.78 Å². The first-order chi connectivity index (χ1) is 12.0. The largest absolute Gasteiger partial charge is 0.504 e. The lowest BCUT2D eigenvalue weighted by Crippen LogP contribution is -1.96. The van der Waals surface area contributed by atoms with E-state index in [-0.39, 0.29) is 11.5 Å². The average molecular weight is 340 g/mol. The Morgan fingerprint density at radius 3 is 2.28 bits per heavy atom. The molecule has 3 aromatic rings. The van der Waals surface area contributed by atoms with Crippen molar-refractivity contribution >= 4 is 0 Å². The molecule has 6 nitrogen and oxygen atoms in total. The Morgan fingerprint density at radius 2 is 1.60 bits per heavy atom. The van der Waals surface area contributed by atoms with Crippen LogP contribution in [0, 0.1) is 0 Å². The summed E-state index contributed by atoms with van der Waals surface area (Å²) < 4.78 is 12.4. The van der Waals surface area contributed by atoms with Gasteiger partial charge in [-0.15, -0.1) is 0 Å². The van der Waals surface area contributed by atoms with Gasteiger partial charge in [-0.05, 0) is 49.4 Å². The van der Waals surface area contributed by atoms with Gasteiger partial charge in [0.05, 0.1) is 25.1 Å². The van der Waals surface area contributed by atoms with Crippen LogP contribution in [0.2, 0.25) is 0 Å². The Balaban J connectivity index is 2.02. The van der Waals surface area contributed by atoms with E-state index < -0.39 is 0 Å². The van der Waals surface area contributed by atoms with E-state index in [1.54, 1.807) is 35.0 Å². The van der Waals surface area contributed by atoms with Gasteiger partial charge in [0.2, 0.25) is 0 Å². The fourth-order valence-electron chi connectivity index (χ4n) is 2.66. The zero-order chi connectivity index (χ0) is 18.0. The molecular formula is C19H20N2O4. The molecule has 0 aliphatic heterocycles. The van der Waals surface area contributed by atoms with Crippen LogP contribution in [0.5, 0.6) is 23.0 Å². The number of phenols is 2. The summed E-state index contributed by atoms with van der Waals surface area (Å²) in [6.07, 6.45) is 0. The maximum atomic E-state index is 9.86. The Labute approximate surface area is 145 Å². The van der Waals surface area contributed by atoms with Crippen LogP contribution in [-0.4, -0.2) is 33.7 Å². The van der Waals surface area contributed by atoms with Gasteiger partial charge in [0.1, 0.15) is 0 Å². The summed E-state index contributed by atoms with van der Waals surface area (Å²) in [7, 11) is 3.36. The van der Waals surface area contributed by atoms with Crippen molar-refractivity contribution < 1.29 is 19.7 Å². The summed E-state index contributed by atoms with van der Waals surface area (Å²) >= 11 is 0. The third-order valence-electron chi connectivity index (χ3n) is 3.91. The molecule has 1 aromatic heterocycles. The molecule has 1 heterocycles. The van der Waals surface area contributed by atoms with E-state index in [9.17, 15) is 10.2 Å². The van der Waals surface area contributed by atoms with E-state index in [0.717, 1.165) is 22.5 Å². The molecule has 0 aliphatic carbocycles. The highest BCUT2D eigenvalue weighted by molar-refractivity contribution is 5.71. The molecular weight excluding hydrogens is 320 g/mol. The van der Waals surface area contributed by atoms with Crippen molar-refractivity contribution in [2.45, 2.75) is 6.92 Å². The maximum absolute atomic E-state index is 9.86. The highest BCUT2D eigenvalue weighted by Crippen LogP contribution is 2.35. The molecule has 0 aliphatic rings. The third kappa shape index (κ3) is 3.24. The Hall–Kier alpha value is -3.15. The normalized spacial score (nSPS) is 10.7. The van der Waals surface area contributed by atoms with Gasteiger partial charge >= 0.3 is 0 Å². The molecule has 3 rings (SSSR count). The minimum Gasteiger partial charge on any atom is -0.504 e. The summed E-state index contributed by atoms with van der Waals surface area (Å²) in [5.74, 6) is 1.03. The van der Waals surface area contributed by atoms with Crippen LogP contribution in [0.3, 0.4) is 0 Å². The predicted octanol–water partition coefficient (Wildman–Crippen LogP) is 3.57. The van der Waals surface area contributed by atoms with Crippen LogP contribution in [0.1, 0.15) is 6.92 Å². The number of phenolic OH excluding ortho intramolecular Hbond substituents is 2. The number of hydrogen-bond donors (Lipinski definition) is 2. The minimum atomic E-state index is 0.0855. The molecule has 2 aromatic carbocycles. The van der Waals surface area contributed by atoms with Crippen molar-refractivity contribution in [2.24, 2.45) is 7.05 Å². The fourth-order valence-corrected chi connectivity index (χ4v) is 2.66. The summed E-state index contributed by atoms with van der Waals surface area (Å²) in [6.45, 7) is 2.34. The molecule has 0 radical (unpaired) electrons. The molecule has 0 saturated heterocycles. The van der Waals surface area contributed by atoms with Gasteiger partial charge in [0.15, 0.2) is 23.0 Å². The van der Waals surface area contributed by atoms with Crippen LogP contribution in [0.15, 0.2) is 42.5 Å². The molecule has 2 N–H and O–H groups in total. The number of rotatable bonds is 5. The van der Waals surface area contributed by atoms with E-state index in [1.165, 1.54) is 7.11 Å². The third-order valence-corrected chi connectivity index (χ3v) is 3.91. The van der Waals surface area contributed by atoms with Crippen LogP contribution in [0.4, 0.5) is 0 Å². The highest BCUT2D eigenvalue weighted by atomic mass is 16.5. The number of ether oxygens (including phenoxy) is 2. The van der Waals surface area contributed by atoms with Gasteiger partial charge in [-0.1, -0.05) is 0 Å². The number of methoxy groups -OCH3 is 1. The van der Waals surface area contributed by atoms with Crippen LogP contribution >= 0.6 is 0 Å². The molecule has 0 fully saturated rings. The Kier molecular flexibility index (Phi) is 4.52. The van der Waals surface area contributed by atoms with Crippen molar-refractivity contribution in [2.75, 3.05) is 13.7 Å². The molecule has 0 unspecified atom stereocenters. The second-order valence-electron chi connectivity index (χ2n) is 5.54. The standard InChI is InChI=1S/C19H20N2O4/c1-4-25-19-10-13(6-8-17(19)23)15-11-14(20-21(15)2)12-5-7-16(22)18(9-12)24-3/h5-11,22-23H,4H2,1-3H3. The SMILES string of the molecule is CCOc1cc(-c2cc(-c3ccc(O)c(OC)c3)nn2C)ccc1O. The quantitative estimate of drug-likeness (QED) is 0.742.